The Morgan fingerprint density at radius 1 is 1.20 bits per heavy atom. The van der Waals surface area contributed by atoms with E-state index in [-0.39, 0.29) is 16.3 Å². The number of benzene rings is 1. The first-order valence-electron chi connectivity index (χ1n) is 5.98. The standard InChI is InChI=1S/C14H14F3NO2/c1-13(2,3)7-4-5-9-8(6-7)10(12(19)20)11(18-9)14(15,16)17/h4-6,18H,1-3H3,(H,19,20). The highest BCUT2D eigenvalue weighted by molar-refractivity contribution is 6.05. The summed E-state index contributed by atoms with van der Waals surface area (Å²) in [5.41, 5.74) is -1.27. The molecule has 3 nitrogen and oxygen atoms in total. The molecule has 0 radical (unpaired) electrons. The minimum Gasteiger partial charge on any atom is -0.478 e. The first kappa shape index (κ1) is 14.4. The minimum absolute atomic E-state index is 0.0808. The Kier molecular flexibility index (Phi) is 3.07. The van der Waals surface area contributed by atoms with E-state index in [4.69, 9.17) is 5.11 Å². The molecule has 20 heavy (non-hydrogen) atoms. The number of halogens is 3. The van der Waals surface area contributed by atoms with Gasteiger partial charge in [0, 0.05) is 10.9 Å². The topological polar surface area (TPSA) is 53.1 Å². The summed E-state index contributed by atoms with van der Waals surface area (Å²) in [6.45, 7) is 5.73. The van der Waals surface area contributed by atoms with Crippen LogP contribution in [0.25, 0.3) is 10.9 Å². The molecule has 108 valence electrons. The lowest BCUT2D eigenvalue weighted by Gasteiger charge is -2.18. The number of aromatic carboxylic acids is 1. The van der Waals surface area contributed by atoms with Crippen LogP contribution in [0.4, 0.5) is 13.2 Å². The lowest BCUT2D eigenvalue weighted by Crippen LogP contribution is -2.12. The number of aromatic amines is 1. The minimum atomic E-state index is -4.73. The Morgan fingerprint density at radius 2 is 1.80 bits per heavy atom. The maximum atomic E-state index is 12.9. The van der Waals surface area contributed by atoms with Crippen molar-refractivity contribution in [2.45, 2.75) is 32.4 Å². The van der Waals surface area contributed by atoms with E-state index >= 15 is 0 Å². The molecule has 0 atom stereocenters. The zero-order valence-corrected chi connectivity index (χ0v) is 11.2. The van der Waals surface area contributed by atoms with Crippen molar-refractivity contribution >= 4 is 16.9 Å². The van der Waals surface area contributed by atoms with Crippen molar-refractivity contribution in [3.63, 3.8) is 0 Å². The number of carboxylic acids is 1. The second kappa shape index (κ2) is 4.26. The van der Waals surface area contributed by atoms with Crippen LogP contribution in [0.1, 0.15) is 42.4 Å². The fraction of sp³-hybridized carbons (Fsp3) is 0.357. The zero-order valence-electron chi connectivity index (χ0n) is 11.2. The number of nitrogens with one attached hydrogen (secondary N) is 1. The highest BCUT2D eigenvalue weighted by Gasteiger charge is 2.38. The Bertz CT molecular complexity index is 678. The van der Waals surface area contributed by atoms with Crippen molar-refractivity contribution in [1.82, 2.24) is 4.98 Å². The first-order valence-corrected chi connectivity index (χ1v) is 5.98. The van der Waals surface area contributed by atoms with Gasteiger partial charge >= 0.3 is 12.1 Å². The van der Waals surface area contributed by atoms with E-state index in [9.17, 15) is 18.0 Å². The van der Waals surface area contributed by atoms with Crippen LogP contribution in [-0.4, -0.2) is 16.1 Å². The highest BCUT2D eigenvalue weighted by Crippen LogP contribution is 2.37. The summed E-state index contributed by atoms with van der Waals surface area (Å²) in [4.78, 5) is 13.3. The molecule has 0 fully saturated rings. The Balaban J connectivity index is 2.81. The number of aromatic nitrogens is 1. The van der Waals surface area contributed by atoms with Gasteiger partial charge in [-0.1, -0.05) is 26.8 Å². The second-order valence-corrected chi connectivity index (χ2v) is 5.69. The summed E-state index contributed by atoms with van der Waals surface area (Å²) < 4.78 is 38.7. The number of fused-ring (bicyclic) bond motifs is 1. The lowest BCUT2D eigenvalue weighted by molar-refractivity contribution is -0.141. The highest BCUT2D eigenvalue weighted by atomic mass is 19.4. The average molecular weight is 285 g/mol. The van der Waals surface area contributed by atoms with Crippen LogP contribution >= 0.6 is 0 Å². The van der Waals surface area contributed by atoms with Gasteiger partial charge in [0.05, 0.1) is 5.56 Å². The lowest BCUT2D eigenvalue weighted by atomic mass is 9.86. The Morgan fingerprint density at radius 3 is 2.25 bits per heavy atom. The molecular formula is C14H14F3NO2. The van der Waals surface area contributed by atoms with Crippen LogP contribution < -0.4 is 0 Å². The Labute approximate surface area is 113 Å². The molecule has 2 rings (SSSR count). The smallest absolute Gasteiger partial charge is 0.432 e. The number of H-pyrrole nitrogens is 1. The molecule has 2 aromatic rings. The van der Waals surface area contributed by atoms with E-state index in [2.05, 4.69) is 4.98 Å². The summed E-state index contributed by atoms with van der Waals surface area (Å²) in [5, 5.41) is 9.17. The van der Waals surface area contributed by atoms with Crippen molar-refractivity contribution in [2.75, 3.05) is 0 Å². The van der Waals surface area contributed by atoms with E-state index in [0.29, 0.717) is 0 Å². The summed E-state index contributed by atoms with van der Waals surface area (Å²) in [5.74, 6) is -1.59. The van der Waals surface area contributed by atoms with E-state index in [1.165, 1.54) is 12.1 Å². The summed E-state index contributed by atoms with van der Waals surface area (Å²) in [6.07, 6.45) is -4.73. The van der Waals surface area contributed by atoms with Gasteiger partial charge in [-0.25, -0.2) is 4.79 Å². The molecule has 1 aromatic heterocycles. The molecule has 2 N–H and O–H groups in total. The number of hydrogen-bond acceptors (Lipinski definition) is 1. The van der Waals surface area contributed by atoms with Gasteiger partial charge in [-0.05, 0) is 23.1 Å². The van der Waals surface area contributed by atoms with Crippen molar-refractivity contribution in [1.29, 1.82) is 0 Å². The van der Waals surface area contributed by atoms with Crippen LogP contribution in [0.3, 0.4) is 0 Å². The fourth-order valence-electron chi connectivity index (χ4n) is 2.09. The van der Waals surface area contributed by atoms with Gasteiger partial charge in [0.1, 0.15) is 5.69 Å². The normalized spacial score (nSPS) is 12.9. The van der Waals surface area contributed by atoms with Gasteiger partial charge in [-0.3, -0.25) is 0 Å². The van der Waals surface area contributed by atoms with E-state index < -0.39 is 23.4 Å². The molecule has 0 aliphatic rings. The molecule has 1 heterocycles. The molecule has 0 aliphatic heterocycles. The van der Waals surface area contributed by atoms with Crippen LogP contribution in [-0.2, 0) is 11.6 Å². The monoisotopic (exact) mass is 285 g/mol. The molecule has 1 aromatic carbocycles. The summed E-state index contributed by atoms with van der Waals surface area (Å²) in [7, 11) is 0. The molecule has 0 unspecified atom stereocenters. The number of hydrogen-bond donors (Lipinski definition) is 2. The molecule has 0 spiro atoms. The largest absolute Gasteiger partial charge is 0.478 e. The predicted molar refractivity (Wildman–Crippen MR) is 69.0 cm³/mol. The Hall–Kier alpha value is -1.98. The van der Waals surface area contributed by atoms with Crippen LogP contribution in [0.2, 0.25) is 0 Å². The van der Waals surface area contributed by atoms with Crippen LogP contribution in [0, 0.1) is 0 Å². The molecule has 0 bridgehead atoms. The maximum absolute atomic E-state index is 12.9. The molecule has 0 saturated carbocycles. The average Bonchev–Trinajstić information content (AvgIpc) is 2.65. The van der Waals surface area contributed by atoms with Gasteiger partial charge < -0.3 is 10.1 Å². The summed E-state index contributed by atoms with van der Waals surface area (Å²) >= 11 is 0. The fourth-order valence-corrected chi connectivity index (χ4v) is 2.09. The zero-order chi connectivity index (χ0) is 15.3. The van der Waals surface area contributed by atoms with E-state index in [1.54, 1.807) is 6.07 Å². The first-order chi connectivity index (χ1) is 9.01. The number of carbonyl (C=O) groups is 1. The number of alkyl halides is 3. The van der Waals surface area contributed by atoms with E-state index in [0.717, 1.165) is 5.56 Å². The van der Waals surface area contributed by atoms with Gasteiger partial charge in [0.2, 0.25) is 0 Å². The van der Waals surface area contributed by atoms with Gasteiger partial charge in [-0.2, -0.15) is 13.2 Å². The SMILES string of the molecule is CC(C)(C)c1ccc2[nH]c(C(F)(F)F)c(C(=O)O)c2c1. The van der Waals surface area contributed by atoms with Crippen molar-refractivity contribution in [2.24, 2.45) is 0 Å². The maximum Gasteiger partial charge on any atom is 0.432 e. The molecule has 0 saturated heterocycles. The van der Waals surface area contributed by atoms with Gasteiger partial charge in [-0.15, -0.1) is 0 Å². The molecular weight excluding hydrogens is 271 g/mol. The van der Waals surface area contributed by atoms with E-state index in [1.807, 2.05) is 20.8 Å². The third-order valence-electron chi connectivity index (χ3n) is 3.16. The van der Waals surface area contributed by atoms with Crippen LogP contribution in [0.15, 0.2) is 18.2 Å². The van der Waals surface area contributed by atoms with Crippen molar-refractivity contribution < 1.29 is 23.1 Å². The van der Waals surface area contributed by atoms with Crippen molar-refractivity contribution in [3.8, 4) is 0 Å². The molecule has 0 aliphatic carbocycles. The number of rotatable bonds is 1. The second-order valence-electron chi connectivity index (χ2n) is 5.69. The molecule has 6 heteroatoms. The third kappa shape index (κ3) is 2.37. The van der Waals surface area contributed by atoms with Crippen molar-refractivity contribution in [3.05, 3.63) is 35.0 Å². The van der Waals surface area contributed by atoms with Gasteiger partial charge in [0.15, 0.2) is 0 Å². The molecule has 0 amide bonds. The third-order valence-corrected chi connectivity index (χ3v) is 3.16. The summed E-state index contributed by atoms with van der Waals surface area (Å²) in [6, 6.07) is 4.69. The quantitative estimate of drug-likeness (QED) is 0.825. The number of carboxylic acid groups (broad SMARTS) is 1. The predicted octanol–water partition coefficient (Wildman–Crippen LogP) is 4.18. The van der Waals surface area contributed by atoms with Crippen LogP contribution in [0.5, 0.6) is 0 Å². The van der Waals surface area contributed by atoms with Gasteiger partial charge in [0.25, 0.3) is 0 Å².